The number of aromatic nitrogens is 5. The molecule has 0 spiro atoms. The fourth-order valence-corrected chi connectivity index (χ4v) is 3.54. The minimum absolute atomic E-state index is 0.155. The Morgan fingerprint density at radius 3 is 2.85 bits per heavy atom. The van der Waals surface area contributed by atoms with Crippen LogP contribution in [0.3, 0.4) is 0 Å². The highest BCUT2D eigenvalue weighted by molar-refractivity contribution is 6.33. The first kappa shape index (κ1) is 21.9. The molecule has 3 heterocycles. The van der Waals surface area contributed by atoms with Gasteiger partial charge in [0.1, 0.15) is 5.69 Å². The van der Waals surface area contributed by atoms with E-state index in [0.29, 0.717) is 27.9 Å². The number of benzene rings is 1. The average molecular weight is 465 g/mol. The number of aromatic amines is 1. The SMILES string of the molecule is COC=Nc1cnn(-c2c(C#CC(=O)O)c(C(C)=O)c3nc(-c4cc(C)ccc4Cl)[nH]n23)c1. The monoisotopic (exact) mass is 464 g/mol. The molecular weight excluding hydrogens is 448 g/mol. The Morgan fingerprint density at radius 2 is 2.15 bits per heavy atom. The summed E-state index contributed by atoms with van der Waals surface area (Å²) in [7, 11) is 1.46. The molecule has 3 aromatic heterocycles. The maximum Gasteiger partial charge on any atom is 0.382 e. The van der Waals surface area contributed by atoms with Crippen molar-refractivity contribution in [2.45, 2.75) is 13.8 Å². The lowest BCUT2D eigenvalue weighted by Gasteiger charge is -2.04. The van der Waals surface area contributed by atoms with E-state index >= 15 is 0 Å². The maximum absolute atomic E-state index is 12.6. The van der Waals surface area contributed by atoms with Gasteiger partial charge in [-0.3, -0.25) is 9.89 Å². The van der Waals surface area contributed by atoms with Crippen LogP contribution in [0.25, 0.3) is 22.9 Å². The summed E-state index contributed by atoms with van der Waals surface area (Å²) in [4.78, 5) is 32.4. The Hall–Kier alpha value is -4.36. The molecule has 0 radical (unpaired) electrons. The number of methoxy groups -OCH3 is 1. The van der Waals surface area contributed by atoms with Crippen LogP contribution in [0, 0.1) is 18.8 Å². The van der Waals surface area contributed by atoms with E-state index in [0.717, 1.165) is 5.56 Å². The molecule has 0 atom stereocenters. The van der Waals surface area contributed by atoms with Crippen molar-refractivity contribution in [1.82, 2.24) is 24.4 Å². The molecule has 166 valence electrons. The second kappa shape index (κ2) is 8.64. The van der Waals surface area contributed by atoms with Crippen LogP contribution < -0.4 is 0 Å². The van der Waals surface area contributed by atoms with E-state index in [-0.39, 0.29) is 22.6 Å². The molecule has 0 aliphatic rings. The van der Waals surface area contributed by atoms with Crippen LogP contribution in [0.2, 0.25) is 5.02 Å². The first-order valence-corrected chi connectivity index (χ1v) is 9.95. The van der Waals surface area contributed by atoms with Crippen molar-refractivity contribution < 1.29 is 19.4 Å². The highest BCUT2D eigenvalue weighted by atomic mass is 35.5. The van der Waals surface area contributed by atoms with Crippen molar-refractivity contribution in [3.63, 3.8) is 0 Å². The molecule has 10 nitrogen and oxygen atoms in total. The molecule has 0 aliphatic heterocycles. The van der Waals surface area contributed by atoms with Gasteiger partial charge < -0.3 is 9.84 Å². The zero-order valence-corrected chi connectivity index (χ0v) is 18.5. The van der Waals surface area contributed by atoms with E-state index in [1.807, 2.05) is 19.1 Å². The summed E-state index contributed by atoms with van der Waals surface area (Å²) in [6.45, 7) is 3.28. The van der Waals surface area contributed by atoms with Gasteiger partial charge >= 0.3 is 5.97 Å². The highest BCUT2D eigenvalue weighted by Crippen LogP contribution is 2.31. The zero-order chi connectivity index (χ0) is 23.7. The predicted molar refractivity (Wildman–Crippen MR) is 122 cm³/mol. The second-order valence-electron chi connectivity index (χ2n) is 7.01. The number of aliphatic imine (C=N–C) groups is 1. The first-order valence-electron chi connectivity index (χ1n) is 9.57. The number of carboxylic acids is 1. The summed E-state index contributed by atoms with van der Waals surface area (Å²) in [6, 6.07) is 5.50. The molecule has 0 aliphatic carbocycles. The topological polar surface area (TPSA) is 127 Å². The van der Waals surface area contributed by atoms with E-state index in [4.69, 9.17) is 21.4 Å². The smallest absolute Gasteiger partial charge is 0.382 e. The van der Waals surface area contributed by atoms with Gasteiger partial charge in [-0.2, -0.15) is 5.10 Å². The van der Waals surface area contributed by atoms with Crippen molar-refractivity contribution >= 4 is 41.1 Å². The Morgan fingerprint density at radius 1 is 1.36 bits per heavy atom. The fourth-order valence-electron chi connectivity index (χ4n) is 3.33. The summed E-state index contributed by atoms with van der Waals surface area (Å²) < 4.78 is 7.78. The number of H-pyrrole nitrogens is 1. The summed E-state index contributed by atoms with van der Waals surface area (Å²) in [5.74, 6) is 3.68. The number of Topliss-reactive ketones (excluding diaryl/α,β-unsaturated/α-hetero) is 1. The van der Waals surface area contributed by atoms with Gasteiger partial charge in [-0.1, -0.05) is 29.2 Å². The van der Waals surface area contributed by atoms with Crippen LogP contribution in [0.4, 0.5) is 5.69 Å². The number of fused-ring (bicyclic) bond motifs is 1. The van der Waals surface area contributed by atoms with Crippen molar-refractivity contribution in [2.24, 2.45) is 4.99 Å². The molecule has 33 heavy (non-hydrogen) atoms. The van der Waals surface area contributed by atoms with E-state index in [1.54, 1.807) is 12.3 Å². The highest BCUT2D eigenvalue weighted by Gasteiger charge is 2.26. The maximum atomic E-state index is 12.6. The average Bonchev–Trinajstić information content (AvgIpc) is 3.45. The lowest BCUT2D eigenvalue weighted by Crippen LogP contribution is -2.04. The molecule has 0 unspecified atom stereocenters. The van der Waals surface area contributed by atoms with Gasteiger partial charge in [0.05, 0.1) is 35.7 Å². The van der Waals surface area contributed by atoms with Crippen LogP contribution in [-0.4, -0.2) is 54.7 Å². The van der Waals surface area contributed by atoms with Crippen LogP contribution >= 0.6 is 11.6 Å². The Labute approximate surface area is 192 Å². The number of aliphatic carboxylic acids is 1. The third kappa shape index (κ3) is 4.09. The number of halogens is 1. The molecule has 0 saturated heterocycles. The van der Waals surface area contributed by atoms with E-state index in [1.165, 1.54) is 35.8 Å². The van der Waals surface area contributed by atoms with E-state index in [2.05, 4.69) is 32.0 Å². The largest absolute Gasteiger partial charge is 0.486 e. The first-order chi connectivity index (χ1) is 15.8. The van der Waals surface area contributed by atoms with E-state index < -0.39 is 5.97 Å². The van der Waals surface area contributed by atoms with Gasteiger partial charge in [0, 0.05) is 11.5 Å². The van der Waals surface area contributed by atoms with Crippen LogP contribution in [0.1, 0.15) is 28.4 Å². The number of hydrogen-bond acceptors (Lipinski definition) is 6. The Kier molecular flexibility index (Phi) is 5.72. The van der Waals surface area contributed by atoms with Gasteiger partial charge in [-0.15, -0.1) is 0 Å². The number of ketones is 1. The Balaban J connectivity index is 2.04. The molecule has 4 aromatic rings. The zero-order valence-electron chi connectivity index (χ0n) is 17.8. The lowest BCUT2D eigenvalue weighted by molar-refractivity contribution is -0.130. The number of carbonyl (C=O) groups excluding carboxylic acids is 1. The van der Waals surface area contributed by atoms with E-state index in [9.17, 15) is 9.59 Å². The minimum Gasteiger partial charge on any atom is -0.486 e. The third-order valence-electron chi connectivity index (χ3n) is 4.67. The molecule has 0 fully saturated rings. The van der Waals surface area contributed by atoms with Crippen LogP contribution in [0.15, 0.2) is 35.6 Å². The molecule has 11 heteroatoms. The number of nitrogens with one attached hydrogen (secondary N) is 1. The number of rotatable bonds is 5. The molecule has 4 rings (SSSR count). The van der Waals surface area contributed by atoms with Crippen LogP contribution in [-0.2, 0) is 9.53 Å². The lowest BCUT2D eigenvalue weighted by atomic mass is 10.1. The molecule has 2 N–H and O–H groups in total. The summed E-state index contributed by atoms with van der Waals surface area (Å²) >= 11 is 6.38. The van der Waals surface area contributed by atoms with Crippen molar-refractivity contribution in [2.75, 3.05) is 7.11 Å². The summed E-state index contributed by atoms with van der Waals surface area (Å²) in [6.07, 6.45) is 4.30. The predicted octanol–water partition coefficient (Wildman–Crippen LogP) is 3.42. The van der Waals surface area contributed by atoms with Gasteiger partial charge in [0.15, 0.2) is 29.5 Å². The van der Waals surface area contributed by atoms with Gasteiger partial charge in [-0.05, 0) is 26.0 Å². The van der Waals surface area contributed by atoms with Gasteiger partial charge in [-0.25, -0.2) is 24.0 Å². The molecular formula is C22H17ClN6O4. The standard InChI is InChI=1S/C22H17ClN6O4/c1-12-4-6-17(23)16(8-12)20-26-21-19(13(2)30)15(5-7-18(31)32)22(29(21)27-20)28-10-14(9-25-28)24-11-33-3/h4,6,8-11H,1-3H3,(H,26,27)(H,31,32). The number of carboxylic acid groups (broad SMARTS) is 1. The number of hydrogen-bond donors (Lipinski definition) is 2. The molecule has 0 amide bonds. The number of nitrogens with zero attached hydrogens (tertiary/aromatic N) is 5. The summed E-state index contributed by atoms with van der Waals surface area (Å²) in [5.41, 5.74) is 2.67. The van der Waals surface area contributed by atoms with Gasteiger partial charge in [0.2, 0.25) is 0 Å². The quantitative estimate of drug-likeness (QED) is 0.202. The number of carbonyl (C=O) groups is 2. The van der Waals surface area contributed by atoms with Crippen molar-refractivity contribution in [3.8, 4) is 29.0 Å². The van der Waals surface area contributed by atoms with Gasteiger partial charge in [0.25, 0.3) is 0 Å². The minimum atomic E-state index is -1.34. The molecule has 1 aromatic carbocycles. The number of aryl methyl sites for hydroxylation is 1. The number of ether oxygens (including phenoxy) is 1. The Bertz CT molecular complexity index is 1500. The van der Waals surface area contributed by atoms with Crippen molar-refractivity contribution in [1.29, 1.82) is 0 Å². The normalized spacial score (nSPS) is 11.0. The van der Waals surface area contributed by atoms with Crippen LogP contribution in [0.5, 0.6) is 0 Å². The second-order valence-corrected chi connectivity index (χ2v) is 7.42. The molecule has 0 bridgehead atoms. The summed E-state index contributed by atoms with van der Waals surface area (Å²) in [5, 5.41) is 17.0. The molecule has 0 saturated carbocycles. The fraction of sp³-hybridized carbons (Fsp3) is 0.136. The van der Waals surface area contributed by atoms with Crippen molar-refractivity contribution in [3.05, 3.63) is 52.3 Å². The third-order valence-corrected chi connectivity index (χ3v) is 5.00.